The Bertz CT molecular complexity index is 151. The van der Waals surface area contributed by atoms with Gasteiger partial charge in [0.05, 0.1) is 12.7 Å². The molecule has 0 aliphatic rings. The van der Waals surface area contributed by atoms with E-state index in [4.69, 9.17) is 14.8 Å². The lowest BCUT2D eigenvalue weighted by molar-refractivity contribution is -0.527. The summed E-state index contributed by atoms with van der Waals surface area (Å²) in [5.74, 6) is 0. The molecule has 0 aliphatic carbocycles. The zero-order valence-corrected chi connectivity index (χ0v) is 12.6. The van der Waals surface area contributed by atoms with Crippen LogP contribution in [0.15, 0.2) is 0 Å². The molecule has 0 aromatic carbocycles. The normalized spacial score (nSPS) is 12.8. The Labute approximate surface area is 113 Å². The molecule has 1 atom stereocenters. The molecule has 3 nitrogen and oxygen atoms in total. The zero-order chi connectivity index (χ0) is 13.5. The van der Waals surface area contributed by atoms with Crippen molar-refractivity contribution in [3.8, 4) is 0 Å². The van der Waals surface area contributed by atoms with E-state index in [0.717, 1.165) is 25.7 Å². The van der Waals surface area contributed by atoms with E-state index in [1.807, 2.05) is 6.92 Å². The summed E-state index contributed by atoms with van der Waals surface area (Å²) in [4.78, 5) is 10.2. The molecule has 0 bridgehead atoms. The molecule has 0 aromatic rings. The molecule has 0 rings (SSSR count). The first-order valence-electron chi connectivity index (χ1n) is 7.80. The van der Waals surface area contributed by atoms with Crippen molar-refractivity contribution in [3.05, 3.63) is 0 Å². The van der Waals surface area contributed by atoms with E-state index in [9.17, 15) is 0 Å². The summed E-state index contributed by atoms with van der Waals surface area (Å²) in [6, 6.07) is 0. The summed E-state index contributed by atoms with van der Waals surface area (Å²) >= 11 is 0. The van der Waals surface area contributed by atoms with E-state index < -0.39 is 0 Å². The standard InChI is InChI=1S/C15H32O3/c1-4-7-8-9-10-11-13-15(12-5-2)17-18-16-14-6-3/h15H,4-14H2,1-3H3. The monoisotopic (exact) mass is 260 g/mol. The fraction of sp³-hybridized carbons (Fsp3) is 1.00. The first kappa shape index (κ1) is 17.9. The summed E-state index contributed by atoms with van der Waals surface area (Å²) in [6.45, 7) is 7.06. The highest BCUT2D eigenvalue weighted by Gasteiger charge is 2.09. The molecular formula is C15H32O3. The quantitative estimate of drug-likeness (QED) is 0.244. The van der Waals surface area contributed by atoms with Gasteiger partial charge in [0.1, 0.15) is 0 Å². The highest BCUT2D eigenvalue weighted by Crippen LogP contribution is 2.14. The number of hydrogen-bond acceptors (Lipinski definition) is 3. The van der Waals surface area contributed by atoms with Crippen molar-refractivity contribution in [2.24, 2.45) is 0 Å². The van der Waals surface area contributed by atoms with Gasteiger partial charge >= 0.3 is 0 Å². The largest absolute Gasteiger partial charge is 0.206 e. The Morgan fingerprint density at radius 3 is 2.11 bits per heavy atom. The van der Waals surface area contributed by atoms with Crippen LogP contribution in [0.1, 0.15) is 85.0 Å². The maximum absolute atomic E-state index is 5.29. The second-order valence-electron chi connectivity index (χ2n) is 4.95. The summed E-state index contributed by atoms with van der Waals surface area (Å²) in [5, 5.41) is 4.78. The lowest BCUT2D eigenvalue weighted by atomic mass is 10.0. The molecular weight excluding hydrogens is 228 g/mol. The molecule has 0 amide bonds. The van der Waals surface area contributed by atoms with Gasteiger partial charge in [-0.1, -0.05) is 70.8 Å². The van der Waals surface area contributed by atoms with Crippen LogP contribution in [-0.2, 0) is 14.8 Å². The van der Waals surface area contributed by atoms with E-state index in [1.165, 1.54) is 38.5 Å². The summed E-state index contributed by atoms with van der Waals surface area (Å²) < 4.78 is 0. The Hall–Kier alpha value is -0.120. The molecule has 0 aliphatic heterocycles. The Balaban J connectivity index is 3.44. The number of rotatable bonds is 14. The first-order chi connectivity index (χ1) is 8.85. The van der Waals surface area contributed by atoms with Gasteiger partial charge in [-0.05, 0) is 19.3 Å². The highest BCUT2D eigenvalue weighted by atomic mass is 17.5. The maximum atomic E-state index is 5.29. The predicted octanol–water partition coefficient (Wildman–Crippen LogP) is 5.20. The van der Waals surface area contributed by atoms with Gasteiger partial charge in [-0.25, -0.2) is 9.78 Å². The van der Waals surface area contributed by atoms with Crippen LogP contribution in [-0.4, -0.2) is 12.7 Å². The fourth-order valence-corrected chi connectivity index (χ4v) is 1.92. The van der Waals surface area contributed by atoms with Gasteiger partial charge < -0.3 is 0 Å². The van der Waals surface area contributed by atoms with Crippen molar-refractivity contribution >= 4 is 0 Å². The molecule has 18 heavy (non-hydrogen) atoms. The average molecular weight is 260 g/mol. The smallest absolute Gasteiger partial charge is 0.0961 e. The topological polar surface area (TPSA) is 27.7 Å². The minimum atomic E-state index is 0.193. The van der Waals surface area contributed by atoms with Crippen LogP contribution in [0.25, 0.3) is 0 Å². The van der Waals surface area contributed by atoms with Crippen LogP contribution in [0.4, 0.5) is 0 Å². The minimum Gasteiger partial charge on any atom is -0.206 e. The van der Waals surface area contributed by atoms with Crippen molar-refractivity contribution < 1.29 is 14.8 Å². The summed E-state index contributed by atoms with van der Waals surface area (Å²) in [6.07, 6.45) is 12.3. The third-order valence-electron chi connectivity index (χ3n) is 3.00. The molecule has 0 saturated heterocycles. The van der Waals surface area contributed by atoms with Crippen LogP contribution in [0, 0.1) is 0 Å². The predicted molar refractivity (Wildman–Crippen MR) is 75.1 cm³/mol. The second kappa shape index (κ2) is 14.9. The van der Waals surface area contributed by atoms with Crippen LogP contribution in [0.3, 0.4) is 0 Å². The summed E-state index contributed by atoms with van der Waals surface area (Å²) in [5.41, 5.74) is 0. The molecule has 0 radical (unpaired) electrons. The van der Waals surface area contributed by atoms with Gasteiger partial charge in [-0.2, -0.15) is 0 Å². The first-order valence-corrected chi connectivity index (χ1v) is 7.80. The molecule has 1 unspecified atom stereocenters. The average Bonchev–Trinajstić information content (AvgIpc) is 2.38. The van der Waals surface area contributed by atoms with E-state index in [0.29, 0.717) is 6.61 Å². The van der Waals surface area contributed by atoms with Crippen molar-refractivity contribution in [1.82, 2.24) is 0 Å². The van der Waals surface area contributed by atoms with Gasteiger partial charge in [-0.15, -0.1) is 0 Å². The molecule has 0 spiro atoms. The zero-order valence-electron chi connectivity index (χ0n) is 12.6. The highest BCUT2D eigenvalue weighted by molar-refractivity contribution is 4.56. The molecule has 0 N–H and O–H groups in total. The van der Waals surface area contributed by atoms with Crippen molar-refractivity contribution in [3.63, 3.8) is 0 Å². The van der Waals surface area contributed by atoms with E-state index >= 15 is 0 Å². The van der Waals surface area contributed by atoms with Crippen molar-refractivity contribution in [2.45, 2.75) is 91.1 Å². The lowest BCUT2D eigenvalue weighted by Crippen LogP contribution is -2.13. The minimum absolute atomic E-state index is 0.193. The molecule has 110 valence electrons. The second-order valence-corrected chi connectivity index (χ2v) is 4.95. The van der Waals surface area contributed by atoms with Gasteiger partial charge in [-0.3, -0.25) is 0 Å². The SMILES string of the molecule is CCCCCCCCC(CCC)OOOCCC. The molecule has 0 heterocycles. The van der Waals surface area contributed by atoms with Crippen molar-refractivity contribution in [1.29, 1.82) is 0 Å². The van der Waals surface area contributed by atoms with E-state index in [-0.39, 0.29) is 6.10 Å². The van der Waals surface area contributed by atoms with Crippen LogP contribution in [0.5, 0.6) is 0 Å². The van der Waals surface area contributed by atoms with Crippen molar-refractivity contribution in [2.75, 3.05) is 6.61 Å². The maximum Gasteiger partial charge on any atom is 0.0961 e. The van der Waals surface area contributed by atoms with E-state index in [1.54, 1.807) is 0 Å². The van der Waals surface area contributed by atoms with Crippen LogP contribution < -0.4 is 0 Å². The number of unbranched alkanes of at least 4 members (excludes halogenated alkanes) is 5. The third-order valence-corrected chi connectivity index (χ3v) is 3.00. The van der Waals surface area contributed by atoms with Crippen LogP contribution >= 0.6 is 0 Å². The third kappa shape index (κ3) is 12.3. The fourth-order valence-electron chi connectivity index (χ4n) is 1.92. The lowest BCUT2D eigenvalue weighted by Gasteiger charge is -2.14. The molecule has 0 fully saturated rings. The number of hydrogen-bond donors (Lipinski definition) is 0. The Kier molecular flexibility index (Phi) is 14.8. The van der Waals surface area contributed by atoms with E-state index in [2.05, 4.69) is 13.8 Å². The molecule has 0 saturated carbocycles. The Morgan fingerprint density at radius 1 is 0.722 bits per heavy atom. The molecule has 0 aromatic heterocycles. The Morgan fingerprint density at radius 2 is 1.44 bits per heavy atom. The van der Waals surface area contributed by atoms with Gasteiger partial charge in [0, 0.05) is 0 Å². The summed E-state index contributed by atoms with van der Waals surface area (Å²) in [7, 11) is 0. The van der Waals surface area contributed by atoms with Crippen LogP contribution in [0.2, 0.25) is 0 Å². The van der Waals surface area contributed by atoms with Gasteiger partial charge in [0.15, 0.2) is 0 Å². The van der Waals surface area contributed by atoms with Gasteiger partial charge in [0.2, 0.25) is 0 Å². The molecule has 3 heteroatoms. The van der Waals surface area contributed by atoms with Gasteiger partial charge in [0.25, 0.3) is 0 Å².